The molecule has 4 nitrogen and oxygen atoms in total. The maximum atomic E-state index is 13.6. The Morgan fingerprint density at radius 2 is 1.95 bits per heavy atom. The second-order valence-corrected chi connectivity index (χ2v) is 6.08. The number of methoxy groups -OCH3 is 1. The van der Waals surface area contributed by atoms with Crippen molar-refractivity contribution in [3.05, 3.63) is 41.0 Å². The lowest BCUT2D eigenvalue weighted by Crippen LogP contribution is -2.03. The molecule has 0 aliphatic carbocycles. The van der Waals surface area contributed by atoms with E-state index in [2.05, 4.69) is 4.74 Å². The molecule has 1 heterocycles. The van der Waals surface area contributed by atoms with E-state index in [9.17, 15) is 21.5 Å². The zero-order valence-electron chi connectivity index (χ0n) is 10.1. The van der Waals surface area contributed by atoms with Gasteiger partial charge in [-0.05, 0) is 12.1 Å². The van der Waals surface area contributed by atoms with E-state index < -0.39 is 31.8 Å². The van der Waals surface area contributed by atoms with E-state index >= 15 is 0 Å². The van der Waals surface area contributed by atoms with Crippen LogP contribution in [-0.2, 0) is 15.0 Å². The Bertz CT molecular complexity index is 766. The van der Waals surface area contributed by atoms with Gasteiger partial charge in [0.15, 0.2) is 0 Å². The average Bonchev–Trinajstić information content (AvgIpc) is 2.83. The Kier molecular flexibility index (Phi) is 3.87. The monoisotopic (exact) mass is 318 g/mol. The van der Waals surface area contributed by atoms with Crippen LogP contribution in [0.4, 0.5) is 8.28 Å². The second-order valence-electron chi connectivity index (χ2n) is 3.71. The third-order valence-corrected chi connectivity index (χ3v) is 4.60. The Balaban J connectivity index is 2.67. The zero-order chi connectivity index (χ0) is 14.9. The van der Waals surface area contributed by atoms with E-state index in [0.717, 1.165) is 13.2 Å². The predicted molar refractivity (Wildman–Crippen MR) is 69.3 cm³/mol. The van der Waals surface area contributed by atoms with Crippen LogP contribution in [0.5, 0.6) is 0 Å². The molecule has 2 rings (SSSR count). The Hall–Kier alpha value is -1.80. The molecular formula is C12H8F2O4S2. The third kappa shape index (κ3) is 2.70. The second kappa shape index (κ2) is 5.29. The van der Waals surface area contributed by atoms with Crippen molar-refractivity contribution in [2.75, 3.05) is 7.11 Å². The molecule has 1 aromatic carbocycles. The van der Waals surface area contributed by atoms with Gasteiger partial charge in [0.2, 0.25) is 0 Å². The molecule has 0 aliphatic rings. The summed E-state index contributed by atoms with van der Waals surface area (Å²) < 4.78 is 53.3. The molecule has 20 heavy (non-hydrogen) atoms. The van der Waals surface area contributed by atoms with Crippen LogP contribution in [0.25, 0.3) is 10.4 Å². The van der Waals surface area contributed by atoms with Crippen molar-refractivity contribution in [2.24, 2.45) is 0 Å². The Morgan fingerprint density at radius 1 is 1.30 bits per heavy atom. The quantitative estimate of drug-likeness (QED) is 0.645. The molecule has 1 aromatic heterocycles. The number of benzene rings is 1. The summed E-state index contributed by atoms with van der Waals surface area (Å²) in [5.74, 6) is -1.60. The summed E-state index contributed by atoms with van der Waals surface area (Å²) in [4.78, 5) is 10.4. The highest BCUT2D eigenvalue weighted by molar-refractivity contribution is 7.86. The molecule has 0 fully saturated rings. The topological polar surface area (TPSA) is 60.4 Å². The fraction of sp³-hybridized carbons (Fsp3) is 0.0833. The van der Waals surface area contributed by atoms with Crippen LogP contribution in [0.3, 0.4) is 0 Å². The van der Waals surface area contributed by atoms with Gasteiger partial charge in [-0.1, -0.05) is 18.2 Å². The summed E-state index contributed by atoms with van der Waals surface area (Å²) >= 11 is 0.653. The molecule has 0 N–H and O–H groups in total. The van der Waals surface area contributed by atoms with Crippen molar-refractivity contribution < 1.29 is 26.2 Å². The first-order chi connectivity index (χ1) is 9.34. The van der Waals surface area contributed by atoms with Crippen LogP contribution in [0, 0.1) is 5.82 Å². The van der Waals surface area contributed by atoms with Crippen molar-refractivity contribution in [2.45, 2.75) is 4.90 Å². The summed E-state index contributed by atoms with van der Waals surface area (Å²) in [5.41, 5.74) is 0.0811. The number of ether oxygens (including phenoxy) is 1. The molecule has 0 bridgehead atoms. The molecule has 0 saturated heterocycles. The van der Waals surface area contributed by atoms with Gasteiger partial charge in [0.25, 0.3) is 0 Å². The fourth-order valence-corrected chi connectivity index (χ4v) is 3.64. The van der Waals surface area contributed by atoms with Gasteiger partial charge in [0.05, 0.1) is 7.11 Å². The van der Waals surface area contributed by atoms with Gasteiger partial charge in [-0.3, -0.25) is 0 Å². The van der Waals surface area contributed by atoms with Crippen molar-refractivity contribution in [3.8, 4) is 10.4 Å². The SMILES string of the molecule is COC(=O)c1sc(-c2ccccc2F)cc1S(=O)(=O)F. The number of halogens is 2. The van der Waals surface area contributed by atoms with E-state index in [-0.39, 0.29) is 10.4 Å². The van der Waals surface area contributed by atoms with Crippen LogP contribution >= 0.6 is 11.3 Å². The highest BCUT2D eigenvalue weighted by Gasteiger charge is 2.27. The van der Waals surface area contributed by atoms with Gasteiger partial charge >= 0.3 is 16.2 Å². The molecule has 0 saturated carbocycles. The number of hydrogen-bond donors (Lipinski definition) is 0. The maximum absolute atomic E-state index is 13.6. The van der Waals surface area contributed by atoms with Crippen LogP contribution in [-0.4, -0.2) is 21.5 Å². The van der Waals surface area contributed by atoms with E-state index in [1.807, 2.05) is 0 Å². The molecule has 0 radical (unpaired) electrons. The van der Waals surface area contributed by atoms with Gasteiger partial charge in [-0.15, -0.1) is 15.2 Å². The number of esters is 1. The minimum atomic E-state index is -5.10. The number of thiophene rings is 1. The standard InChI is InChI=1S/C12H8F2O4S2/c1-18-12(15)11-10(20(14,16)17)6-9(19-11)7-4-2-3-5-8(7)13/h2-6H,1H3. The largest absolute Gasteiger partial charge is 0.465 e. The molecule has 2 aromatic rings. The minimum Gasteiger partial charge on any atom is -0.465 e. The molecule has 106 valence electrons. The van der Waals surface area contributed by atoms with Gasteiger partial charge in [0, 0.05) is 10.4 Å². The van der Waals surface area contributed by atoms with E-state index in [0.29, 0.717) is 11.3 Å². The lowest BCUT2D eigenvalue weighted by atomic mass is 10.2. The van der Waals surface area contributed by atoms with Gasteiger partial charge in [-0.2, -0.15) is 8.42 Å². The van der Waals surface area contributed by atoms with Crippen molar-refractivity contribution in [1.29, 1.82) is 0 Å². The smallest absolute Gasteiger partial charge is 0.349 e. The average molecular weight is 318 g/mol. The molecule has 0 atom stereocenters. The zero-order valence-corrected chi connectivity index (χ0v) is 11.7. The molecule has 0 unspecified atom stereocenters. The molecule has 0 aliphatic heterocycles. The maximum Gasteiger partial charge on any atom is 0.349 e. The normalized spacial score (nSPS) is 11.3. The van der Waals surface area contributed by atoms with Crippen molar-refractivity contribution in [3.63, 3.8) is 0 Å². The van der Waals surface area contributed by atoms with Crippen LogP contribution in [0.15, 0.2) is 35.2 Å². The van der Waals surface area contributed by atoms with Crippen molar-refractivity contribution >= 4 is 27.5 Å². The highest BCUT2D eigenvalue weighted by Crippen LogP contribution is 2.36. The van der Waals surface area contributed by atoms with E-state index in [1.165, 1.54) is 18.2 Å². The Morgan fingerprint density at radius 3 is 2.50 bits per heavy atom. The number of carbonyl (C=O) groups excluding carboxylic acids is 1. The lowest BCUT2D eigenvalue weighted by molar-refractivity contribution is 0.0602. The third-order valence-electron chi connectivity index (χ3n) is 2.47. The summed E-state index contributed by atoms with van der Waals surface area (Å²) in [5, 5.41) is 0. The predicted octanol–water partition coefficient (Wildman–Crippen LogP) is 3.00. The number of hydrogen-bond acceptors (Lipinski definition) is 5. The molecule has 0 spiro atoms. The highest BCUT2D eigenvalue weighted by atomic mass is 32.3. The first-order valence-electron chi connectivity index (χ1n) is 5.26. The molecule has 0 amide bonds. The summed E-state index contributed by atoms with van der Waals surface area (Å²) in [6.45, 7) is 0. The Labute approximate surface area is 117 Å². The van der Waals surface area contributed by atoms with E-state index in [4.69, 9.17) is 0 Å². The summed E-state index contributed by atoms with van der Waals surface area (Å²) in [6, 6.07) is 6.50. The summed E-state index contributed by atoms with van der Waals surface area (Å²) in [6.07, 6.45) is 0. The fourth-order valence-electron chi connectivity index (χ4n) is 1.58. The van der Waals surface area contributed by atoms with Gasteiger partial charge in [-0.25, -0.2) is 9.18 Å². The summed E-state index contributed by atoms with van der Waals surface area (Å²) in [7, 11) is -4.06. The van der Waals surface area contributed by atoms with Gasteiger partial charge in [0.1, 0.15) is 15.6 Å². The first-order valence-corrected chi connectivity index (χ1v) is 7.46. The van der Waals surface area contributed by atoms with Gasteiger partial charge < -0.3 is 4.74 Å². The van der Waals surface area contributed by atoms with Crippen LogP contribution < -0.4 is 0 Å². The first kappa shape index (κ1) is 14.6. The molecule has 8 heteroatoms. The van der Waals surface area contributed by atoms with E-state index in [1.54, 1.807) is 6.07 Å². The molecular weight excluding hydrogens is 310 g/mol. The number of carbonyl (C=O) groups is 1. The minimum absolute atomic E-state index is 0.0811. The van der Waals surface area contributed by atoms with Crippen LogP contribution in [0.1, 0.15) is 9.67 Å². The lowest BCUT2D eigenvalue weighted by Gasteiger charge is -1.98. The van der Waals surface area contributed by atoms with Crippen LogP contribution in [0.2, 0.25) is 0 Å². The van der Waals surface area contributed by atoms with Crippen molar-refractivity contribution in [1.82, 2.24) is 0 Å². The number of rotatable bonds is 3.